The van der Waals surface area contributed by atoms with Crippen molar-refractivity contribution >= 4 is 0 Å². The lowest BCUT2D eigenvalue weighted by Gasteiger charge is -2.22. The van der Waals surface area contributed by atoms with Crippen LogP contribution in [-0.4, -0.2) is 6.17 Å². The predicted molar refractivity (Wildman–Crippen MR) is 45.0 cm³/mol. The number of fused-ring (bicyclic) bond motifs is 1. The first-order valence-corrected chi connectivity index (χ1v) is 3.92. The standard InChI is InChI=1S/C9H12N2/c10-9-5-7-3-1-2-4-8(7)6-11-9/h1-4,9,11H,5-6,10H2. The van der Waals surface area contributed by atoms with E-state index in [-0.39, 0.29) is 6.17 Å². The highest BCUT2D eigenvalue weighted by molar-refractivity contribution is 5.29. The molecule has 0 saturated heterocycles. The van der Waals surface area contributed by atoms with Gasteiger partial charge in [-0.1, -0.05) is 24.3 Å². The maximum atomic E-state index is 5.74. The van der Waals surface area contributed by atoms with Gasteiger partial charge in [-0.3, -0.25) is 5.32 Å². The molecule has 0 spiro atoms. The minimum Gasteiger partial charge on any atom is -0.316 e. The first-order valence-electron chi connectivity index (χ1n) is 3.92. The summed E-state index contributed by atoms with van der Waals surface area (Å²) in [4.78, 5) is 0. The first-order chi connectivity index (χ1) is 5.36. The number of hydrogen-bond donors (Lipinski definition) is 2. The third kappa shape index (κ3) is 1.27. The first kappa shape index (κ1) is 6.83. The highest BCUT2D eigenvalue weighted by Gasteiger charge is 2.12. The second-order valence-electron chi connectivity index (χ2n) is 2.96. The van der Waals surface area contributed by atoms with Gasteiger partial charge in [-0.2, -0.15) is 0 Å². The highest BCUT2D eigenvalue weighted by Crippen LogP contribution is 2.13. The fraction of sp³-hybridized carbons (Fsp3) is 0.333. The molecule has 0 bridgehead atoms. The van der Waals surface area contributed by atoms with Crippen molar-refractivity contribution in [1.29, 1.82) is 0 Å². The van der Waals surface area contributed by atoms with Crippen LogP contribution in [0.2, 0.25) is 0 Å². The van der Waals surface area contributed by atoms with Crippen molar-refractivity contribution in [2.75, 3.05) is 0 Å². The molecule has 1 unspecified atom stereocenters. The van der Waals surface area contributed by atoms with Crippen LogP contribution in [0.3, 0.4) is 0 Å². The monoisotopic (exact) mass is 148 g/mol. The number of benzene rings is 1. The van der Waals surface area contributed by atoms with Crippen LogP contribution in [-0.2, 0) is 13.0 Å². The van der Waals surface area contributed by atoms with Gasteiger partial charge >= 0.3 is 0 Å². The number of hydrogen-bond acceptors (Lipinski definition) is 2. The van der Waals surface area contributed by atoms with E-state index in [2.05, 4.69) is 29.6 Å². The van der Waals surface area contributed by atoms with Crippen molar-refractivity contribution in [1.82, 2.24) is 5.32 Å². The second kappa shape index (κ2) is 2.64. The predicted octanol–water partition coefficient (Wildman–Crippen LogP) is 0.617. The molecule has 0 radical (unpaired) electrons. The van der Waals surface area contributed by atoms with Crippen molar-refractivity contribution in [2.24, 2.45) is 5.73 Å². The molecule has 2 heteroatoms. The minimum atomic E-state index is 0.143. The van der Waals surface area contributed by atoms with Gasteiger partial charge in [-0.15, -0.1) is 0 Å². The molecule has 0 aromatic heterocycles. The third-order valence-corrected chi connectivity index (χ3v) is 2.11. The average molecular weight is 148 g/mol. The summed E-state index contributed by atoms with van der Waals surface area (Å²) in [6, 6.07) is 8.43. The van der Waals surface area contributed by atoms with Crippen molar-refractivity contribution in [3.05, 3.63) is 35.4 Å². The van der Waals surface area contributed by atoms with E-state index in [1.54, 1.807) is 0 Å². The van der Waals surface area contributed by atoms with Crippen molar-refractivity contribution < 1.29 is 0 Å². The van der Waals surface area contributed by atoms with E-state index in [9.17, 15) is 0 Å². The molecule has 2 rings (SSSR count). The lowest BCUT2D eigenvalue weighted by Crippen LogP contribution is -2.42. The van der Waals surface area contributed by atoms with Gasteiger partial charge in [0.1, 0.15) is 0 Å². The molecule has 0 fully saturated rings. The Balaban J connectivity index is 2.34. The normalized spacial score (nSPS) is 22.8. The number of rotatable bonds is 0. The van der Waals surface area contributed by atoms with Gasteiger partial charge in [0.05, 0.1) is 6.17 Å². The van der Waals surface area contributed by atoms with Gasteiger partial charge < -0.3 is 5.73 Å². The van der Waals surface area contributed by atoms with Crippen LogP contribution in [0.4, 0.5) is 0 Å². The van der Waals surface area contributed by atoms with Gasteiger partial charge in [0.15, 0.2) is 0 Å². The van der Waals surface area contributed by atoms with E-state index in [4.69, 9.17) is 5.73 Å². The molecule has 0 aliphatic carbocycles. The summed E-state index contributed by atoms with van der Waals surface area (Å²) >= 11 is 0. The highest BCUT2D eigenvalue weighted by atomic mass is 15.0. The molecule has 0 saturated carbocycles. The molecule has 3 N–H and O–H groups in total. The van der Waals surface area contributed by atoms with Gasteiger partial charge in [-0.25, -0.2) is 0 Å². The molecule has 1 aliphatic rings. The molecule has 0 amide bonds. The molecule has 1 aromatic rings. The second-order valence-corrected chi connectivity index (χ2v) is 2.96. The molecule has 58 valence electrons. The summed E-state index contributed by atoms with van der Waals surface area (Å²) < 4.78 is 0. The molecule has 1 aliphatic heterocycles. The zero-order chi connectivity index (χ0) is 7.68. The smallest absolute Gasteiger partial charge is 0.0590 e. The summed E-state index contributed by atoms with van der Waals surface area (Å²) in [5.41, 5.74) is 8.51. The third-order valence-electron chi connectivity index (χ3n) is 2.11. The molecular weight excluding hydrogens is 136 g/mol. The van der Waals surface area contributed by atoms with Gasteiger partial charge in [-0.05, 0) is 11.1 Å². The average Bonchev–Trinajstić information content (AvgIpc) is 2.04. The van der Waals surface area contributed by atoms with E-state index < -0.39 is 0 Å². The van der Waals surface area contributed by atoms with Crippen LogP contribution >= 0.6 is 0 Å². The van der Waals surface area contributed by atoms with E-state index in [0.29, 0.717) is 0 Å². The van der Waals surface area contributed by atoms with Gasteiger partial charge in [0.25, 0.3) is 0 Å². The van der Waals surface area contributed by atoms with Crippen LogP contribution in [0, 0.1) is 0 Å². The van der Waals surface area contributed by atoms with Gasteiger partial charge in [0, 0.05) is 13.0 Å². The molecule has 1 atom stereocenters. The maximum Gasteiger partial charge on any atom is 0.0590 e. The Morgan fingerprint density at radius 3 is 2.82 bits per heavy atom. The zero-order valence-corrected chi connectivity index (χ0v) is 6.38. The van der Waals surface area contributed by atoms with Crippen LogP contribution in [0.15, 0.2) is 24.3 Å². The summed E-state index contributed by atoms with van der Waals surface area (Å²) in [6.07, 6.45) is 1.10. The summed E-state index contributed by atoms with van der Waals surface area (Å²) in [5.74, 6) is 0. The van der Waals surface area contributed by atoms with Crippen LogP contribution in [0.5, 0.6) is 0 Å². The molecular formula is C9H12N2. The Labute approximate surface area is 66.4 Å². The zero-order valence-electron chi connectivity index (χ0n) is 6.38. The van der Waals surface area contributed by atoms with Crippen LogP contribution in [0.25, 0.3) is 0 Å². The van der Waals surface area contributed by atoms with Crippen molar-refractivity contribution in [2.45, 2.75) is 19.1 Å². The molecule has 11 heavy (non-hydrogen) atoms. The topological polar surface area (TPSA) is 38.0 Å². The number of nitrogens with two attached hydrogens (primary N) is 1. The molecule has 1 heterocycles. The summed E-state index contributed by atoms with van der Waals surface area (Å²) in [6.45, 7) is 0.914. The Kier molecular flexibility index (Phi) is 1.64. The van der Waals surface area contributed by atoms with Gasteiger partial charge in [0.2, 0.25) is 0 Å². The van der Waals surface area contributed by atoms with E-state index in [0.717, 1.165) is 13.0 Å². The quantitative estimate of drug-likeness (QED) is 0.566. The van der Waals surface area contributed by atoms with Crippen LogP contribution < -0.4 is 11.1 Å². The fourth-order valence-corrected chi connectivity index (χ4v) is 1.48. The lowest BCUT2D eigenvalue weighted by molar-refractivity contribution is 0.494. The van der Waals surface area contributed by atoms with Crippen molar-refractivity contribution in [3.63, 3.8) is 0 Å². The van der Waals surface area contributed by atoms with Crippen LogP contribution in [0.1, 0.15) is 11.1 Å². The Morgan fingerprint density at radius 2 is 2.00 bits per heavy atom. The largest absolute Gasteiger partial charge is 0.316 e. The molecule has 2 nitrogen and oxygen atoms in total. The Morgan fingerprint density at radius 1 is 1.27 bits per heavy atom. The van der Waals surface area contributed by atoms with E-state index >= 15 is 0 Å². The Hall–Kier alpha value is -0.860. The van der Waals surface area contributed by atoms with E-state index in [1.807, 2.05) is 0 Å². The number of nitrogens with one attached hydrogen (secondary N) is 1. The Bertz CT molecular complexity index is 257. The molecule has 1 aromatic carbocycles. The minimum absolute atomic E-state index is 0.143. The summed E-state index contributed by atoms with van der Waals surface area (Å²) in [7, 11) is 0. The SMILES string of the molecule is NC1Cc2ccccc2CN1. The fourth-order valence-electron chi connectivity index (χ4n) is 1.48. The lowest BCUT2D eigenvalue weighted by atomic mass is 10.00. The summed E-state index contributed by atoms with van der Waals surface area (Å²) in [5, 5.41) is 3.22. The van der Waals surface area contributed by atoms with Crippen molar-refractivity contribution in [3.8, 4) is 0 Å². The van der Waals surface area contributed by atoms with E-state index in [1.165, 1.54) is 11.1 Å². The maximum absolute atomic E-state index is 5.74.